The van der Waals surface area contributed by atoms with Gasteiger partial charge in [0.25, 0.3) is 17.7 Å². The molecule has 3 aromatic heterocycles. The van der Waals surface area contributed by atoms with Crippen molar-refractivity contribution in [1.29, 1.82) is 0 Å². The van der Waals surface area contributed by atoms with Gasteiger partial charge in [0.05, 0.1) is 24.9 Å². The highest BCUT2D eigenvalue weighted by Gasteiger charge is 2.55. The molecular weight excluding hydrogens is 911 g/mol. The zero-order valence-electron chi connectivity index (χ0n) is 33.4. The number of carboxylic acid groups (broad SMARTS) is 2. The number of aromatic nitrogens is 5. The normalized spacial score (nSPS) is 20.5. The number of nitrogens with one attached hydrogen (secondary N) is 2. The van der Waals surface area contributed by atoms with Crippen molar-refractivity contribution in [2.45, 2.75) is 41.0 Å². The Kier molecular flexibility index (Phi) is 15.0. The number of β-lactam (4-membered cyclic amide) rings is 2. The van der Waals surface area contributed by atoms with Crippen molar-refractivity contribution < 1.29 is 57.8 Å². The SMILES string of the molecule is CN(C)CCn1nnnc1SCC1=C(C(=O)O)N2C(=O)[C@@H](NC(=O)Cc3csc(N)n3)[C@H]2SC1.CO/N=C(\C(=O)N[C@@H]1C(=O)N2C(C(=O)O)=C(COC(N)=O)CS[C@H]12)c1ccco1. The van der Waals surface area contributed by atoms with E-state index in [0.29, 0.717) is 39.6 Å². The standard InChI is InChI=1S/C18H23N9O4S3.C16H16N4O8S/c1-25(2)3-4-26-18(22-23-24-26)34-7-9-6-32-15-12(14(29)27(15)13(9)16(30)31)21-11(28)5-10-8-33-17(19)20-10;1-26-19-9(8-3-2-4-27-8)12(21)18-10-13(22)20-11(15(23)24)7(5-28-16(17)25)6-29-14(10)20/h8,12,15H,3-7H2,1-2H3,(H2,19,20)(H,21,28)(H,30,31);2-4,10,14H,5-6H2,1H3,(H2,17,25)(H,18,21)(H,23,24)/b;19-9-/t12-,15-;10-,14-/m11/s1. The first kappa shape index (κ1) is 46.3. The van der Waals surface area contributed by atoms with E-state index < -0.39 is 58.6 Å². The van der Waals surface area contributed by atoms with Crippen LogP contribution in [-0.2, 0) is 51.3 Å². The van der Waals surface area contributed by atoms with E-state index in [1.54, 1.807) is 16.1 Å². The number of oxime groups is 1. The van der Waals surface area contributed by atoms with Crippen molar-refractivity contribution in [3.05, 3.63) is 57.8 Å². The minimum atomic E-state index is -1.35. The third-order valence-electron chi connectivity index (χ3n) is 9.19. The van der Waals surface area contributed by atoms with Crippen LogP contribution in [0.15, 0.2) is 61.0 Å². The lowest BCUT2D eigenvalue weighted by molar-refractivity contribution is -0.150. The lowest BCUT2D eigenvalue weighted by Gasteiger charge is -2.49. The number of likely N-dealkylation sites (N-methyl/N-ethyl adjacent to an activating group) is 1. The number of nitrogens with two attached hydrogens (primary N) is 2. The van der Waals surface area contributed by atoms with E-state index in [-0.39, 0.29) is 53.1 Å². The number of tetrazole rings is 1. The molecule has 29 heteroatoms. The number of carbonyl (C=O) groups excluding carboxylic acids is 5. The van der Waals surface area contributed by atoms with Gasteiger partial charge in [-0.25, -0.2) is 24.0 Å². The van der Waals surface area contributed by atoms with Gasteiger partial charge in [-0.2, -0.15) is 0 Å². The number of hydrogen-bond donors (Lipinski definition) is 6. The molecule has 0 radical (unpaired) electrons. The van der Waals surface area contributed by atoms with Crippen LogP contribution in [0.5, 0.6) is 0 Å². The second-order valence-electron chi connectivity index (χ2n) is 13.7. The molecule has 0 bridgehead atoms. The van der Waals surface area contributed by atoms with E-state index >= 15 is 0 Å². The molecule has 7 heterocycles. The van der Waals surface area contributed by atoms with Crippen molar-refractivity contribution >= 4 is 99.1 Å². The zero-order valence-corrected chi connectivity index (χ0v) is 36.6. The Balaban J connectivity index is 0.000000213. The topological polar surface area (TPSA) is 346 Å². The van der Waals surface area contributed by atoms with Gasteiger partial charge in [0, 0.05) is 34.8 Å². The third-order valence-corrected chi connectivity index (χ3v) is 13.6. The maximum absolute atomic E-state index is 12.8. The molecule has 5 amide bonds. The van der Waals surface area contributed by atoms with Crippen LogP contribution in [0.4, 0.5) is 9.93 Å². The highest BCUT2D eigenvalue weighted by atomic mass is 32.2. The monoisotopic (exact) mass is 949 g/mol. The molecule has 4 aliphatic heterocycles. The number of rotatable bonds is 17. The van der Waals surface area contributed by atoms with Gasteiger partial charge in [-0.1, -0.05) is 16.9 Å². The summed E-state index contributed by atoms with van der Waals surface area (Å²) in [5.41, 5.74) is 11.4. The fourth-order valence-corrected chi connectivity index (χ4v) is 10.6. The van der Waals surface area contributed by atoms with Crippen LogP contribution < -0.4 is 22.1 Å². The number of aliphatic carboxylic acids is 2. The molecule has 3 aromatic rings. The van der Waals surface area contributed by atoms with Crippen molar-refractivity contribution in [2.24, 2.45) is 10.9 Å². The predicted octanol–water partition coefficient (Wildman–Crippen LogP) is -1.19. The second kappa shape index (κ2) is 20.3. The van der Waals surface area contributed by atoms with E-state index in [4.69, 9.17) is 15.9 Å². The number of thiazole rings is 1. The number of nitrogens with zero attached hydrogens (tertiary/aromatic N) is 9. The summed E-state index contributed by atoms with van der Waals surface area (Å²) in [5.74, 6) is -3.63. The molecular formula is C34H39N13O12S4. The van der Waals surface area contributed by atoms with E-state index in [1.165, 1.54) is 71.0 Å². The number of nitrogen functional groups attached to an aromatic ring is 1. The molecule has 4 aliphatic rings. The number of carboxylic acids is 2. The number of ether oxygens (including phenoxy) is 1. The van der Waals surface area contributed by atoms with Crippen LogP contribution >= 0.6 is 46.6 Å². The van der Waals surface area contributed by atoms with Crippen molar-refractivity contribution in [3.63, 3.8) is 0 Å². The Morgan fingerprint density at radius 1 is 1.03 bits per heavy atom. The van der Waals surface area contributed by atoms with Gasteiger partial charge in [-0.15, -0.1) is 40.0 Å². The summed E-state index contributed by atoms with van der Waals surface area (Å²) in [6.07, 6.45) is 0.291. The van der Waals surface area contributed by atoms with E-state index in [2.05, 4.69) is 45.9 Å². The largest absolute Gasteiger partial charge is 0.477 e. The predicted molar refractivity (Wildman–Crippen MR) is 224 cm³/mol. The maximum Gasteiger partial charge on any atom is 0.404 e. The van der Waals surface area contributed by atoms with Gasteiger partial charge in [-0.3, -0.25) is 29.0 Å². The lowest BCUT2D eigenvalue weighted by atomic mass is 10.0. The highest BCUT2D eigenvalue weighted by Crippen LogP contribution is 2.42. The van der Waals surface area contributed by atoms with Crippen molar-refractivity contribution in [1.82, 2.24) is 50.5 Å². The van der Waals surface area contributed by atoms with Crippen LogP contribution in [0.25, 0.3) is 0 Å². The Labute approximate surface area is 372 Å². The van der Waals surface area contributed by atoms with Gasteiger partial charge in [0.2, 0.25) is 16.8 Å². The number of anilines is 1. The molecule has 0 spiro atoms. The molecule has 4 atom stereocenters. The van der Waals surface area contributed by atoms with Crippen LogP contribution in [0.1, 0.15) is 11.5 Å². The van der Waals surface area contributed by atoms with Crippen molar-refractivity contribution in [2.75, 3.05) is 57.3 Å². The van der Waals surface area contributed by atoms with E-state index in [1.807, 2.05) is 19.0 Å². The number of primary amides is 1. The molecule has 0 aromatic carbocycles. The van der Waals surface area contributed by atoms with Gasteiger partial charge >= 0.3 is 18.0 Å². The molecule has 0 aliphatic carbocycles. The summed E-state index contributed by atoms with van der Waals surface area (Å²) in [6, 6.07) is 1.30. The van der Waals surface area contributed by atoms with Crippen LogP contribution in [0.2, 0.25) is 0 Å². The quantitative estimate of drug-likeness (QED) is 0.0401. The number of fused-ring (bicyclic) bond motifs is 2. The smallest absolute Gasteiger partial charge is 0.404 e. The van der Waals surface area contributed by atoms with Crippen LogP contribution in [-0.4, -0.2) is 172 Å². The number of hydrogen-bond acceptors (Lipinski definition) is 21. The molecule has 25 nitrogen and oxygen atoms in total. The minimum Gasteiger partial charge on any atom is -0.477 e. The molecule has 336 valence electrons. The average Bonchev–Trinajstić information content (AvgIpc) is 4.04. The Morgan fingerprint density at radius 2 is 1.68 bits per heavy atom. The summed E-state index contributed by atoms with van der Waals surface area (Å²) in [4.78, 5) is 97.8. The highest BCUT2D eigenvalue weighted by molar-refractivity contribution is 8.01. The molecule has 2 fully saturated rings. The number of carbonyl (C=O) groups is 7. The van der Waals surface area contributed by atoms with Crippen LogP contribution in [0.3, 0.4) is 0 Å². The van der Waals surface area contributed by atoms with Crippen molar-refractivity contribution in [3.8, 4) is 0 Å². The maximum atomic E-state index is 12.8. The summed E-state index contributed by atoms with van der Waals surface area (Å²) < 4.78 is 11.5. The molecule has 63 heavy (non-hydrogen) atoms. The Morgan fingerprint density at radius 3 is 2.25 bits per heavy atom. The Hall–Kier alpha value is -6.17. The summed E-state index contributed by atoms with van der Waals surface area (Å²) in [7, 11) is 5.15. The number of thioether (sulfide) groups is 3. The first-order chi connectivity index (χ1) is 30.1. The van der Waals surface area contributed by atoms with Gasteiger partial charge in [-0.05, 0) is 42.2 Å². The summed E-state index contributed by atoms with van der Waals surface area (Å²) in [6.45, 7) is 1.01. The molecule has 0 unspecified atom stereocenters. The molecule has 2 saturated heterocycles. The average molecular weight is 950 g/mol. The molecule has 8 N–H and O–H groups in total. The van der Waals surface area contributed by atoms with Gasteiger partial charge in [0.1, 0.15) is 47.9 Å². The summed E-state index contributed by atoms with van der Waals surface area (Å²) >= 11 is 5.19. The van der Waals surface area contributed by atoms with E-state index in [0.717, 1.165) is 11.4 Å². The molecule has 0 saturated carbocycles. The third kappa shape index (κ3) is 10.6. The van der Waals surface area contributed by atoms with Gasteiger partial charge in [0.15, 0.2) is 10.9 Å². The van der Waals surface area contributed by atoms with E-state index in [9.17, 15) is 43.8 Å². The second-order valence-corrected chi connectivity index (χ2v) is 17.7. The van der Waals surface area contributed by atoms with Crippen LogP contribution in [0, 0.1) is 0 Å². The lowest BCUT2D eigenvalue weighted by Crippen LogP contribution is -2.71. The summed E-state index contributed by atoms with van der Waals surface area (Å²) in [5, 5.41) is 41.4. The number of furan rings is 1. The first-order valence-corrected chi connectivity index (χ1v) is 22.3. The number of amides is 5. The first-order valence-electron chi connectivity index (χ1n) is 18.3. The fourth-order valence-electron chi connectivity index (χ4n) is 6.34. The fraction of sp³-hybridized carbons (Fsp3) is 0.412. The molecule has 7 rings (SSSR count). The Bertz CT molecular complexity index is 2370. The van der Waals surface area contributed by atoms with Gasteiger partial charge < -0.3 is 51.2 Å². The zero-order chi connectivity index (χ0) is 45.5. The minimum absolute atomic E-state index is 0.000917.